The van der Waals surface area contributed by atoms with Gasteiger partial charge >= 0.3 is 0 Å². The SMILES string of the molecule is CC1(O)CCN(CC(=O)NC2(C#N)CCCCCC2)C1. The molecular formula is C15H25N3O2. The van der Waals surface area contributed by atoms with Crippen LogP contribution in [0, 0.1) is 11.3 Å². The fourth-order valence-corrected chi connectivity index (χ4v) is 3.28. The van der Waals surface area contributed by atoms with E-state index in [1.807, 2.05) is 4.90 Å². The van der Waals surface area contributed by atoms with Crippen LogP contribution in [0.25, 0.3) is 0 Å². The maximum atomic E-state index is 12.2. The number of nitriles is 1. The molecule has 1 saturated heterocycles. The van der Waals surface area contributed by atoms with Crippen LogP contribution in [-0.2, 0) is 4.79 Å². The van der Waals surface area contributed by atoms with E-state index in [4.69, 9.17) is 0 Å². The number of nitrogens with one attached hydrogen (secondary N) is 1. The van der Waals surface area contributed by atoms with Crippen molar-refractivity contribution in [2.75, 3.05) is 19.6 Å². The second-order valence-corrected chi connectivity index (χ2v) is 6.61. The normalized spacial score (nSPS) is 30.4. The molecule has 1 atom stereocenters. The number of β-amino-alcohol motifs (C(OH)–C–C–N with tert-alkyl or cyclic N) is 1. The molecule has 2 fully saturated rings. The van der Waals surface area contributed by atoms with E-state index in [2.05, 4.69) is 11.4 Å². The zero-order valence-corrected chi connectivity index (χ0v) is 12.3. The lowest BCUT2D eigenvalue weighted by atomic mass is 9.92. The molecule has 1 aliphatic heterocycles. The van der Waals surface area contributed by atoms with E-state index in [9.17, 15) is 15.2 Å². The standard InChI is InChI=1S/C15H25N3O2/c1-14(20)8-9-18(12-14)10-13(19)17-15(11-16)6-4-2-3-5-7-15/h20H,2-10,12H2,1H3,(H,17,19). The van der Waals surface area contributed by atoms with Crippen LogP contribution in [0.3, 0.4) is 0 Å². The molecule has 0 bridgehead atoms. The van der Waals surface area contributed by atoms with E-state index in [0.29, 0.717) is 13.0 Å². The molecule has 20 heavy (non-hydrogen) atoms. The average molecular weight is 279 g/mol. The van der Waals surface area contributed by atoms with Crippen LogP contribution in [0.1, 0.15) is 51.9 Å². The Morgan fingerprint density at radius 2 is 1.95 bits per heavy atom. The van der Waals surface area contributed by atoms with Crippen molar-refractivity contribution in [3.63, 3.8) is 0 Å². The lowest BCUT2D eigenvalue weighted by molar-refractivity contribution is -0.123. The molecule has 0 aromatic heterocycles. The Bertz CT molecular complexity index is 392. The minimum atomic E-state index is -0.685. The van der Waals surface area contributed by atoms with Crippen LogP contribution >= 0.6 is 0 Å². The molecule has 0 aromatic carbocycles. The van der Waals surface area contributed by atoms with Crippen LogP contribution < -0.4 is 5.32 Å². The summed E-state index contributed by atoms with van der Waals surface area (Å²) >= 11 is 0. The molecule has 5 nitrogen and oxygen atoms in total. The van der Waals surface area contributed by atoms with E-state index in [-0.39, 0.29) is 12.5 Å². The first kappa shape index (κ1) is 15.3. The third kappa shape index (κ3) is 3.94. The van der Waals surface area contributed by atoms with E-state index in [1.54, 1.807) is 6.92 Å². The lowest BCUT2D eigenvalue weighted by Gasteiger charge is -2.27. The molecule has 0 spiro atoms. The molecule has 1 aliphatic carbocycles. The van der Waals surface area contributed by atoms with E-state index in [1.165, 1.54) is 0 Å². The minimum absolute atomic E-state index is 0.0915. The zero-order valence-electron chi connectivity index (χ0n) is 12.3. The number of aliphatic hydroxyl groups is 1. The highest BCUT2D eigenvalue weighted by Crippen LogP contribution is 2.26. The third-order valence-electron chi connectivity index (χ3n) is 4.45. The van der Waals surface area contributed by atoms with Gasteiger partial charge in [0.15, 0.2) is 0 Å². The van der Waals surface area contributed by atoms with Gasteiger partial charge in [-0.15, -0.1) is 0 Å². The highest BCUT2D eigenvalue weighted by Gasteiger charge is 2.35. The second kappa shape index (κ2) is 6.11. The maximum Gasteiger partial charge on any atom is 0.235 e. The molecule has 1 saturated carbocycles. The molecule has 2 aliphatic rings. The van der Waals surface area contributed by atoms with Gasteiger partial charge in [0.2, 0.25) is 5.91 Å². The predicted octanol–water partition coefficient (Wildman–Crippen LogP) is 1.18. The molecule has 1 unspecified atom stereocenters. The van der Waals surface area contributed by atoms with Crippen molar-refractivity contribution in [1.29, 1.82) is 5.26 Å². The van der Waals surface area contributed by atoms with Crippen LogP contribution in [0.5, 0.6) is 0 Å². The number of rotatable bonds is 3. The number of likely N-dealkylation sites (tertiary alicyclic amines) is 1. The summed E-state index contributed by atoms with van der Waals surface area (Å²) in [7, 11) is 0. The maximum absolute atomic E-state index is 12.2. The van der Waals surface area contributed by atoms with Gasteiger partial charge in [0.05, 0.1) is 18.2 Å². The van der Waals surface area contributed by atoms with E-state index < -0.39 is 11.1 Å². The molecule has 1 amide bonds. The van der Waals surface area contributed by atoms with Gasteiger partial charge < -0.3 is 10.4 Å². The first-order chi connectivity index (χ1) is 9.45. The Labute approximate surface area is 120 Å². The second-order valence-electron chi connectivity index (χ2n) is 6.61. The molecule has 1 heterocycles. The van der Waals surface area contributed by atoms with Crippen molar-refractivity contribution in [2.24, 2.45) is 0 Å². The van der Waals surface area contributed by atoms with Gasteiger partial charge in [-0.1, -0.05) is 25.7 Å². The van der Waals surface area contributed by atoms with Gasteiger partial charge in [-0.2, -0.15) is 5.26 Å². The zero-order chi connectivity index (χ0) is 14.6. The van der Waals surface area contributed by atoms with E-state index >= 15 is 0 Å². The molecule has 112 valence electrons. The smallest absolute Gasteiger partial charge is 0.235 e. The summed E-state index contributed by atoms with van der Waals surface area (Å²) in [6.07, 6.45) is 6.52. The highest BCUT2D eigenvalue weighted by atomic mass is 16.3. The highest BCUT2D eigenvalue weighted by molar-refractivity contribution is 5.79. The summed E-state index contributed by atoms with van der Waals surface area (Å²) in [5, 5.41) is 22.3. The van der Waals surface area contributed by atoms with Crippen molar-refractivity contribution in [3.8, 4) is 6.07 Å². The number of hydrogen-bond donors (Lipinski definition) is 2. The first-order valence-electron chi connectivity index (χ1n) is 7.62. The van der Waals surface area contributed by atoms with Crippen LogP contribution in [-0.4, -0.2) is 46.7 Å². The molecular weight excluding hydrogens is 254 g/mol. The Hall–Kier alpha value is -1.12. The van der Waals surface area contributed by atoms with Gasteiger partial charge in [0.25, 0.3) is 0 Å². The lowest BCUT2D eigenvalue weighted by Crippen LogP contribution is -2.50. The summed E-state index contributed by atoms with van der Waals surface area (Å²) in [6.45, 7) is 3.34. The number of carbonyl (C=O) groups is 1. The number of hydrogen-bond acceptors (Lipinski definition) is 4. The Balaban J connectivity index is 1.88. The summed E-state index contributed by atoms with van der Waals surface area (Å²) in [6, 6.07) is 2.33. The fraction of sp³-hybridized carbons (Fsp3) is 0.867. The number of amides is 1. The Kier molecular flexibility index (Phi) is 4.66. The largest absolute Gasteiger partial charge is 0.389 e. The van der Waals surface area contributed by atoms with Crippen molar-refractivity contribution >= 4 is 5.91 Å². The van der Waals surface area contributed by atoms with Crippen molar-refractivity contribution in [2.45, 2.75) is 63.0 Å². The molecule has 2 N–H and O–H groups in total. The Morgan fingerprint density at radius 1 is 1.30 bits per heavy atom. The monoisotopic (exact) mass is 279 g/mol. The topological polar surface area (TPSA) is 76.4 Å². The number of nitrogens with zero attached hydrogens (tertiary/aromatic N) is 2. The first-order valence-corrected chi connectivity index (χ1v) is 7.62. The Morgan fingerprint density at radius 3 is 2.45 bits per heavy atom. The fourth-order valence-electron chi connectivity index (χ4n) is 3.28. The summed E-state index contributed by atoms with van der Waals surface area (Å²) in [5.41, 5.74) is -1.36. The quantitative estimate of drug-likeness (QED) is 0.761. The number of carbonyl (C=O) groups excluding carboxylic acids is 1. The van der Waals surface area contributed by atoms with Gasteiger partial charge in [-0.3, -0.25) is 9.69 Å². The van der Waals surface area contributed by atoms with Crippen molar-refractivity contribution in [1.82, 2.24) is 10.2 Å². The van der Waals surface area contributed by atoms with Gasteiger partial charge in [0.1, 0.15) is 5.54 Å². The van der Waals surface area contributed by atoms with Crippen LogP contribution in [0.2, 0.25) is 0 Å². The molecule has 0 aromatic rings. The van der Waals surface area contributed by atoms with Gasteiger partial charge in [-0.25, -0.2) is 0 Å². The van der Waals surface area contributed by atoms with Gasteiger partial charge in [0, 0.05) is 13.1 Å². The summed E-state index contributed by atoms with van der Waals surface area (Å²) in [4.78, 5) is 14.1. The van der Waals surface area contributed by atoms with Crippen molar-refractivity contribution < 1.29 is 9.90 Å². The average Bonchev–Trinajstić information content (AvgIpc) is 2.61. The predicted molar refractivity (Wildman–Crippen MR) is 75.9 cm³/mol. The van der Waals surface area contributed by atoms with Crippen LogP contribution in [0.15, 0.2) is 0 Å². The summed E-state index contributed by atoms with van der Waals surface area (Å²) < 4.78 is 0. The van der Waals surface area contributed by atoms with Gasteiger partial charge in [-0.05, 0) is 26.2 Å². The molecule has 2 rings (SSSR count). The molecule has 0 radical (unpaired) electrons. The third-order valence-corrected chi connectivity index (χ3v) is 4.45. The molecule has 5 heteroatoms. The van der Waals surface area contributed by atoms with Crippen molar-refractivity contribution in [3.05, 3.63) is 0 Å². The minimum Gasteiger partial charge on any atom is -0.389 e. The van der Waals surface area contributed by atoms with E-state index in [0.717, 1.165) is 45.1 Å². The summed E-state index contributed by atoms with van der Waals surface area (Å²) in [5.74, 6) is -0.0915. The van der Waals surface area contributed by atoms with Crippen LogP contribution in [0.4, 0.5) is 0 Å².